The molecule has 0 saturated carbocycles. The molecule has 0 spiro atoms. The predicted octanol–water partition coefficient (Wildman–Crippen LogP) is 0.461. The first-order chi connectivity index (χ1) is 6.86. The van der Waals surface area contributed by atoms with Crippen molar-refractivity contribution in [1.82, 2.24) is 5.32 Å². The predicted molar refractivity (Wildman–Crippen MR) is 51.0 cm³/mol. The highest BCUT2D eigenvalue weighted by Gasteiger charge is 2.28. The van der Waals surface area contributed by atoms with Crippen LogP contribution in [0.1, 0.15) is 25.7 Å². The number of carbonyl (C=O) groups is 1. The number of carbonyl (C=O) groups excluding carboxylic acids is 1. The number of ether oxygens (including phenoxy) is 2. The van der Waals surface area contributed by atoms with Crippen LogP contribution in [-0.4, -0.2) is 37.9 Å². The fourth-order valence-electron chi connectivity index (χ4n) is 1.93. The molecule has 2 saturated heterocycles. The monoisotopic (exact) mass is 199 g/mol. The third kappa shape index (κ3) is 2.45. The van der Waals surface area contributed by atoms with Gasteiger partial charge in [0.05, 0.1) is 13.2 Å². The number of esters is 1. The summed E-state index contributed by atoms with van der Waals surface area (Å²) in [5.74, 6) is -0.194. The van der Waals surface area contributed by atoms with E-state index in [2.05, 4.69) is 5.32 Å². The standard InChI is InChI=1S/C10H17NO3/c12-10-9(4-6-13-10)14-7-8-3-1-2-5-11-8/h8-9,11H,1-7H2. The van der Waals surface area contributed by atoms with Crippen molar-refractivity contribution < 1.29 is 14.3 Å². The average Bonchev–Trinajstić information content (AvgIpc) is 2.63. The van der Waals surface area contributed by atoms with Gasteiger partial charge in [0.2, 0.25) is 0 Å². The molecule has 0 aromatic carbocycles. The van der Waals surface area contributed by atoms with Gasteiger partial charge in [-0.15, -0.1) is 0 Å². The van der Waals surface area contributed by atoms with Crippen LogP contribution < -0.4 is 5.32 Å². The van der Waals surface area contributed by atoms with E-state index in [1.807, 2.05) is 0 Å². The van der Waals surface area contributed by atoms with E-state index in [1.54, 1.807) is 0 Å². The van der Waals surface area contributed by atoms with E-state index < -0.39 is 0 Å². The Balaban J connectivity index is 1.68. The topological polar surface area (TPSA) is 47.6 Å². The molecular formula is C10H17NO3. The molecule has 0 aromatic rings. The molecule has 0 aromatic heterocycles. The highest BCUT2D eigenvalue weighted by molar-refractivity contribution is 5.76. The van der Waals surface area contributed by atoms with Crippen LogP contribution in [-0.2, 0) is 14.3 Å². The van der Waals surface area contributed by atoms with Gasteiger partial charge in [-0.2, -0.15) is 0 Å². The average molecular weight is 199 g/mol. The van der Waals surface area contributed by atoms with Crippen LogP contribution >= 0.6 is 0 Å². The number of hydrogen-bond acceptors (Lipinski definition) is 4. The molecule has 0 aliphatic carbocycles. The molecule has 2 aliphatic heterocycles. The maximum absolute atomic E-state index is 11.1. The van der Waals surface area contributed by atoms with Crippen LogP contribution in [0.4, 0.5) is 0 Å². The van der Waals surface area contributed by atoms with Crippen LogP contribution in [0.15, 0.2) is 0 Å². The molecule has 0 amide bonds. The molecule has 4 nitrogen and oxygen atoms in total. The number of rotatable bonds is 3. The van der Waals surface area contributed by atoms with E-state index in [4.69, 9.17) is 9.47 Å². The molecule has 14 heavy (non-hydrogen) atoms. The lowest BCUT2D eigenvalue weighted by Gasteiger charge is -2.23. The van der Waals surface area contributed by atoms with E-state index in [0.717, 1.165) is 13.0 Å². The van der Waals surface area contributed by atoms with Gasteiger partial charge < -0.3 is 14.8 Å². The lowest BCUT2D eigenvalue weighted by Crippen LogP contribution is -2.39. The van der Waals surface area contributed by atoms with Gasteiger partial charge in [0.25, 0.3) is 0 Å². The fourth-order valence-corrected chi connectivity index (χ4v) is 1.93. The van der Waals surface area contributed by atoms with Gasteiger partial charge in [-0.05, 0) is 19.4 Å². The molecule has 2 fully saturated rings. The molecule has 2 atom stereocenters. The van der Waals surface area contributed by atoms with Crippen molar-refractivity contribution in [2.75, 3.05) is 19.8 Å². The molecule has 80 valence electrons. The number of cyclic esters (lactones) is 1. The molecule has 0 radical (unpaired) electrons. The third-order valence-electron chi connectivity index (χ3n) is 2.80. The van der Waals surface area contributed by atoms with Crippen molar-refractivity contribution >= 4 is 5.97 Å². The van der Waals surface area contributed by atoms with Crippen molar-refractivity contribution in [2.45, 2.75) is 37.8 Å². The fraction of sp³-hybridized carbons (Fsp3) is 0.900. The summed E-state index contributed by atoms with van der Waals surface area (Å²) < 4.78 is 10.3. The lowest BCUT2D eigenvalue weighted by molar-refractivity contribution is -0.147. The first-order valence-corrected chi connectivity index (χ1v) is 5.38. The maximum atomic E-state index is 11.1. The Morgan fingerprint density at radius 2 is 2.36 bits per heavy atom. The summed E-state index contributed by atoms with van der Waals surface area (Å²) in [6, 6.07) is 0.428. The Labute approximate surface area is 84.0 Å². The first-order valence-electron chi connectivity index (χ1n) is 5.38. The van der Waals surface area contributed by atoms with E-state index in [0.29, 0.717) is 25.7 Å². The van der Waals surface area contributed by atoms with E-state index in [1.165, 1.54) is 12.8 Å². The summed E-state index contributed by atoms with van der Waals surface area (Å²) in [7, 11) is 0. The molecule has 2 heterocycles. The minimum Gasteiger partial charge on any atom is -0.464 e. The van der Waals surface area contributed by atoms with Gasteiger partial charge in [0.15, 0.2) is 6.10 Å². The summed E-state index contributed by atoms with van der Waals surface area (Å²) in [6.45, 7) is 2.23. The third-order valence-corrected chi connectivity index (χ3v) is 2.80. The molecule has 2 rings (SSSR count). The van der Waals surface area contributed by atoms with Crippen molar-refractivity contribution in [1.29, 1.82) is 0 Å². The Morgan fingerprint density at radius 3 is 3.00 bits per heavy atom. The number of nitrogens with one attached hydrogen (secondary N) is 1. The smallest absolute Gasteiger partial charge is 0.335 e. The van der Waals surface area contributed by atoms with Crippen molar-refractivity contribution in [3.8, 4) is 0 Å². The summed E-state index contributed by atoms with van der Waals surface area (Å²) >= 11 is 0. The van der Waals surface area contributed by atoms with Crippen LogP contribution in [0.2, 0.25) is 0 Å². The maximum Gasteiger partial charge on any atom is 0.335 e. The van der Waals surface area contributed by atoms with Crippen LogP contribution in [0.25, 0.3) is 0 Å². The van der Waals surface area contributed by atoms with Gasteiger partial charge in [0.1, 0.15) is 0 Å². The largest absolute Gasteiger partial charge is 0.464 e. The highest BCUT2D eigenvalue weighted by Crippen LogP contribution is 2.13. The zero-order chi connectivity index (χ0) is 9.80. The minimum absolute atomic E-state index is 0.194. The summed E-state index contributed by atoms with van der Waals surface area (Å²) in [5.41, 5.74) is 0. The number of hydrogen-bond donors (Lipinski definition) is 1. The van der Waals surface area contributed by atoms with E-state index in [9.17, 15) is 4.79 Å². The normalized spacial score (nSPS) is 33.0. The minimum atomic E-state index is -0.307. The Hall–Kier alpha value is -0.610. The molecular weight excluding hydrogens is 182 g/mol. The number of piperidine rings is 1. The molecule has 2 unspecified atom stereocenters. The Morgan fingerprint density at radius 1 is 1.43 bits per heavy atom. The van der Waals surface area contributed by atoms with Crippen LogP contribution in [0.5, 0.6) is 0 Å². The Bertz CT molecular complexity index is 202. The van der Waals surface area contributed by atoms with Crippen LogP contribution in [0.3, 0.4) is 0 Å². The van der Waals surface area contributed by atoms with Gasteiger partial charge in [-0.25, -0.2) is 4.79 Å². The zero-order valence-electron chi connectivity index (χ0n) is 8.33. The Kier molecular flexibility index (Phi) is 3.37. The SMILES string of the molecule is O=C1OCCC1OCC1CCCCN1. The van der Waals surface area contributed by atoms with E-state index >= 15 is 0 Å². The van der Waals surface area contributed by atoms with Crippen LogP contribution in [0, 0.1) is 0 Å². The van der Waals surface area contributed by atoms with E-state index in [-0.39, 0.29) is 12.1 Å². The molecule has 1 N–H and O–H groups in total. The van der Waals surface area contributed by atoms with Crippen molar-refractivity contribution in [2.24, 2.45) is 0 Å². The second-order valence-electron chi connectivity index (χ2n) is 3.92. The summed E-state index contributed by atoms with van der Waals surface area (Å²) in [4.78, 5) is 11.1. The first kappa shape index (κ1) is 9.93. The van der Waals surface area contributed by atoms with Gasteiger partial charge in [-0.3, -0.25) is 0 Å². The second-order valence-corrected chi connectivity index (χ2v) is 3.92. The molecule has 4 heteroatoms. The quantitative estimate of drug-likeness (QED) is 0.671. The summed E-state index contributed by atoms with van der Waals surface area (Å²) in [6.07, 6.45) is 4.07. The van der Waals surface area contributed by atoms with Gasteiger partial charge >= 0.3 is 5.97 Å². The van der Waals surface area contributed by atoms with Gasteiger partial charge in [0, 0.05) is 12.5 Å². The zero-order valence-corrected chi connectivity index (χ0v) is 8.33. The van der Waals surface area contributed by atoms with Crippen molar-refractivity contribution in [3.63, 3.8) is 0 Å². The highest BCUT2D eigenvalue weighted by atomic mass is 16.6. The van der Waals surface area contributed by atoms with Gasteiger partial charge in [-0.1, -0.05) is 6.42 Å². The molecule has 0 bridgehead atoms. The second kappa shape index (κ2) is 4.75. The molecule has 2 aliphatic rings. The summed E-state index contributed by atoms with van der Waals surface area (Å²) in [5, 5.41) is 3.38. The van der Waals surface area contributed by atoms with Crippen molar-refractivity contribution in [3.05, 3.63) is 0 Å². The lowest BCUT2D eigenvalue weighted by atomic mass is 10.1.